The molecule has 4 nitrogen and oxygen atoms in total. The number of nitrogens with zero attached hydrogens (tertiary/aromatic N) is 1. The van der Waals surface area contributed by atoms with Crippen LogP contribution in [0.25, 0.3) is 0 Å². The SMILES string of the molecule is CCOc1ccc(CCCN2CCOCC2)cc1OC. The van der Waals surface area contributed by atoms with Gasteiger partial charge in [-0.15, -0.1) is 0 Å². The molecule has 1 aromatic carbocycles. The van der Waals surface area contributed by atoms with Crippen LogP contribution in [-0.4, -0.2) is 51.5 Å². The Morgan fingerprint density at radius 2 is 2.00 bits per heavy atom. The number of benzene rings is 1. The molecule has 1 aromatic rings. The fourth-order valence-electron chi connectivity index (χ4n) is 2.47. The van der Waals surface area contributed by atoms with Gasteiger partial charge in [0.2, 0.25) is 0 Å². The average molecular weight is 279 g/mol. The van der Waals surface area contributed by atoms with E-state index in [2.05, 4.69) is 17.0 Å². The number of hydrogen-bond acceptors (Lipinski definition) is 4. The van der Waals surface area contributed by atoms with Gasteiger partial charge in [-0.25, -0.2) is 0 Å². The number of morpholine rings is 1. The third kappa shape index (κ3) is 4.39. The number of methoxy groups -OCH3 is 1. The zero-order valence-electron chi connectivity index (χ0n) is 12.6. The van der Waals surface area contributed by atoms with Crippen molar-refractivity contribution in [1.82, 2.24) is 4.90 Å². The highest BCUT2D eigenvalue weighted by molar-refractivity contribution is 5.43. The molecular weight excluding hydrogens is 254 g/mol. The summed E-state index contributed by atoms with van der Waals surface area (Å²) in [6.07, 6.45) is 2.23. The van der Waals surface area contributed by atoms with E-state index in [1.54, 1.807) is 7.11 Å². The maximum absolute atomic E-state index is 5.54. The number of hydrogen-bond donors (Lipinski definition) is 0. The second-order valence-corrected chi connectivity index (χ2v) is 4.98. The molecule has 20 heavy (non-hydrogen) atoms. The van der Waals surface area contributed by atoms with Crippen molar-refractivity contribution >= 4 is 0 Å². The normalized spacial score (nSPS) is 16.1. The fourth-order valence-corrected chi connectivity index (χ4v) is 2.47. The van der Waals surface area contributed by atoms with Crippen molar-refractivity contribution < 1.29 is 14.2 Å². The summed E-state index contributed by atoms with van der Waals surface area (Å²) >= 11 is 0. The second-order valence-electron chi connectivity index (χ2n) is 4.98. The minimum atomic E-state index is 0.659. The zero-order valence-corrected chi connectivity index (χ0v) is 12.6. The molecule has 0 aromatic heterocycles. The summed E-state index contributed by atoms with van der Waals surface area (Å²) in [5.74, 6) is 1.66. The summed E-state index contributed by atoms with van der Waals surface area (Å²) in [7, 11) is 1.69. The van der Waals surface area contributed by atoms with E-state index in [0.29, 0.717) is 6.61 Å². The topological polar surface area (TPSA) is 30.9 Å². The van der Waals surface area contributed by atoms with Gasteiger partial charge in [0.05, 0.1) is 26.9 Å². The van der Waals surface area contributed by atoms with Crippen LogP contribution in [0.3, 0.4) is 0 Å². The molecule has 0 amide bonds. The Morgan fingerprint density at radius 1 is 1.20 bits per heavy atom. The van der Waals surface area contributed by atoms with E-state index in [-0.39, 0.29) is 0 Å². The molecule has 1 aliphatic heterocycles. The van der Waals surface area contributed by atoms with Crippen LogP contribution in [-0.2, 0) is 11.2 Å². The third-order valence-electron chi connectivity index (χ3n) is 3.57. The van der Waals surface area contributed by atoms with Crippen LogP contribution in [0.2, 0.25) is 0 Å². The van der Waals surface area contributed by atoms with Gasteiger partial charge < -0.3 is 14.2 Å². The van der Waals surface area contributed by atoms with Crippen LogP contribution in [0.15, 0.2) is 18.2 Å². The van der Waals surface area contributed by atoms with Gasteiger partial charge in [-0.1, -0.05) is 6.07 Å². The molecular formula is C16H25NO3. The van der Waals surface area contributed by atoms with Crippen molar-refractivity contribution in [3.8, 4) is 11.5 Å². The lowest BCUT2D eigenvalue weighted by Crippen LogP contribution is -2.36. The largest absolute Gasteiger partial charge is 0.493 e. The number of rotatable bonds is 7. The molecule has 0 unspecified atom stereocenters. The van der Waals surface area contributed by atoms with Gasteiger partial charge in [0.15, 0.2) is 11.5 Å². The quantitative estimate of drug-likeness (QED) is 0.766. The molecule has 0 bridgehead atoms. The van der Waals surface area contributed by atoms with Gasteiger partial charge in [-0.2, -0.15) is 0 Å². The number of ether oxygens (including phenoxy) is 3. The lowest BCUT2D eigenvalue weighted by atomic mass is 10.1. The minimum absolute atomic E-state index is 0.659. The molecule has 1 saturated heterocycles. The molecule has 0 radical (unpaired) electrons. The van der Waals surface area contributed by atoms with Gasteiger partial charge in [0, 0.05) is 13.1 Å². The summed E-state index contributed by atoms with van der Waals surface area (Å²) in [4.78, 5) is 2.47. The Morgan fingerprint density at radius 3 is 2.70 bits per heavy atom. The highest BCUT2D eigenvalue weighted by atomic mass is 16.5. The standard InChI is InChI=1S/C16H25NO3/c1-3-20-15-7-6-14(13-16(15)18-2)5-4-8-17-9-11-19-12-10-17/h6-7,13H,3-5,8-12H2,1-2H3. The maximum atomic E-state index is 5.54. The molecule has 1 aliphatic rings. The van der Waals surface area contributed by atoms with Crippen LogP contribution in [0.1, 0.15) is 18.9 Å². The van der Waals surface area contributed by atoms with Crippen molar-refractivity contribution in [2.75, 3.05) is 46.6 Å². The molecule has 112 valence electrons. The Bertz CT molecular complexity index is 403. The Balaban J connectivity index is 1.82. The van der Waals surface area contributed by atoms with E-state index in [0.717, 1.165) is 57.2 Å². The molecule has 2 rings (SSSR count). The minimum Gasteiger partial charge on any atom is -0.493 e. The first-order valence-corrected chi connectivity index (χ1v) is 7.43. The molecule has 1 heterocycles. The van der Waals surface area contributed by atoms with Crippen molar-refractivity contribution in [3.05, 3.63) is 23.8 Å². The van der Waals surface area contributed by atoms with E-state index in [1.807, 2.05) is 13.0 Å². The second kappa shape index (κ2) is 8.12. The predicted molar refractivity (Wildman–Crippen MR) is 79.7 cm³/mol. The number of aryl methyl sites for hydroxylation is 1. The van der Waals surface area contributed by atoms with E-state index in [1.165, 1.54) is 5.56 Å². The van der Waals surface area contributed by atoms with Crippen LogP contribution in [0.4, 0.5) is 0 Å². The summed E-state index contributed by atoms with van der Waals surface area (Å²) in [5, 5.41) is 0. The van der Waals surface area contributed by atoms with Crippen LogP contribution >= 0.6 is 0 Å². The molecule has 0 spiro atoms. The summed E-state index contributed by atoms with van der Waals surface area (Å²) in [6.45, 7) is 7.65. The van der Waals surface area contributed by atoms with Crippen molar-refractivity contribution in [2.45, 2.75) is 19.8 Å². The van der Waals surface area contributed by atoms with Crippen molar-refractivity contribution in [1.29, 1.82) is 0 Å². The van der Waals surface area contributed by atoms with Gasteiger partial charge >= 0.3 is 0 Å². The first kappa shape index (κ1) is 15.1. The van der Waals surface area contributed by atoms with E-state index < -0.39 is 0 Å². The van der Waals surface area contributed by atoms with E-state index >= 15 is 0 Å². The Labute approximate surface area is 121 Å². The molecule has 4 heteroatoms. The summed E-state index contributed by atoms with van der Waals surface area (Å²) in [5.41, 5.74) is 1.30. The van der Waals surface area contributed by atoms with Crippen LogP contribution in [0, 0.1) is 0 Å². The summed E-state index contributed by atoms with van der Waals surface area (Å²) in [6, 6.07) is 6.23. The lowest BCUT2D eigenvalue weighted by Gasteiger charge is -2.26. The Kier molecular flexibility index (Phi) is 6.15. The molecule has 0 aliphatic carbocycles. The fraction of sp³-hybridized carbons (Fsp3) is 0.625. The molecule has 1 fully saturated rings. The van der Waals surface area contributed by atoms with E-state index in [4.69, 9.17) is 14.2 Å². The third-order valence-corrected chi connectivity index (χ3v) is 3.57. The van der Waals surface area contributed by atoms with Crippen molar-refractivity contribution in [2.24, 2.45) is 0 Å². The van der Waals surface area contributed by atoms with Gasteiger partial charge in [-0.05, 0) is 44.0 Å². The van der Waals surface area contributed by atoms with Gasteiger partial charge in [-0.3, -0.25) is 4.90 Å². The highest BCUT2D eigenvalue weighted by Gasteiger charge is 2.10. The highest BCUT2D eigenvalue weighted by Crippen LogP contribution is 2.28. The monoisotopic (exact) mass is 279 g/mol. The van der Waals surface area contributed by atoms with Crippen LogP contribution in [0.5, 0.6) is 11.5 Å². The molecule has 0 saturated carbocycles. The Hall–Kier alpha value is -1.26. The van der Waals surface area contributed by atoms with Gasteiger partial charge in [0.25, 0.3) is 0 Å². The molecule has 0 atom stereocenters. The predicted octanol–water partition coefficient (Wildman–Crippen LogP) is 2.36. The smallest absolute Gasteiger partial charge is 0.161 e. The zero-order chi connectivity index (χ0) is 14.2. The molecule has 0 N–H and O–H groups in total. The summed E-state index contributed by atoms with van der Waals surface area (Å²) < 4.78 is 16.3. The van der Waals surface area contributed by atoms with E-state index in [9.17, 15) is 0 Å². The van der Waals surface area contributed by atoms with Crippen molar-refractivity contribution in [3.63, 3.8) is 0 Å². The van der Waals surface area contributed by atoms with Gasteiger partial charge in [0.1, 0.15) is 0 Å². The first-order chi connectivity index (χ1) is 9.83. The van der Waals surface area contributed by atoms with Crippen LogP contribution < -0.4 is 9.47 Å². The maximum Gasteiger partial charge on any atom is 0.161 e. The first-order valence-electron chi connectivity index (χ1n) is 7.43. The average Bonchev–Trinajstić information content (AvgIpc) is 2.50. The lowest BCUT2D eigenvalue weighted by molar-refractivity contribution is 0.0374.